The van der Waals surface area contributed by atoms with Crippen LogP contribution in [0.5, 0.6) is 5.75 Å². The maximum Gasteiger partial charge on any atom is 0.323 e. The fourth-order valence-corrected chi connectivity index (χ4v) is 5.04. The van der Waals surface area contributed by atoms with Gasteiger partial charge in [-0.3, -0.25) is 24.3 Å². The number of rotatable bonds is 8. The van der Waals surface area contributed by atoms with Crippen LogP contribution in [0.15, 0.2) is 35.3 Å². The fraction of sp³-hybridized carbons (Fsp3) is 0.407. The molecule has 0 aliphatic carbocycles. The molecular formula is C27H32N4O6Si. The lowest BCUT2D eigenvalue weighted by Crippen LogP contribution is -2.54. The van der Waals surface area contributed by atoms with E-state index >= 15 is 0 Å². The predicted molar refractivity (Wildman–Crippen MR) is 144 cm³/mol. The molecule has 38 heavy (non-hydrogen) atoms. The second kappa shape index (κ2) is 10.5. The number of hydrogen-bond acceptors (Lipinski definition) is 6. The van der Waals surface area contributed by atoms with Crippen LogP contribution in [0, 0.1) is 18.8 Å². The van der Waals surface area contributed by atoms with Crippen LogP contribution in [0.1, 0.15) is 27.0 Å². The Bertz CT molecular complexity index is 1420. The molecule has 2 aliphatic heterocycles. The number of imide groups is 1. The SMILES string of the molecule is COc1ccc2c(c1)C(=O)N(C[C@@]1(C#Cc3cc(C)c(=O)n(COCC[Si](C)(C)C)c3)NC(=O)NC1=O)C2. The topological polar surface area (TPSA) is 119 Å². The summed E-state index contributed by atoms with van der Waals surface area (Å²) < 4.78 is 12.4. The van der Waals surface area contributed by atoms with E-state index in [0.717, 1.165) is 11.6 Å². The number of ether oxygens (including phenoxy) is 2. The number of hydrogen-bond donors (Lipinski definition) is 2. The van der Waals surface area contributed by atoms with Gasteiger partial charge in [-0.05, 0) is 36.7 Å². The van der Waals surface area contributed by atoms with Gasteiger partial charge >= 0.3 is 6.03 Å². The number of amides is 4. The first-order valence-electron chi connectivity index (χ1n) is 12.3. The minimum Gasteiger partial charge on any atom is -0.497 e. The number of aryl methyl sites for hydroxylation is 1. The van der Waals surface area contributed by atoms with Crippen LogP contribution in [0.2, 0.25) is 25.7 Å². The van der Waals surface area contributed by atoms with Crippen LogP contribution in [-0.4, -0.2) is 61.2 Å². The van der Waals surface area contributed by atoms with E-state index in [1.54, 1.807) is 37.4 Å². The molecule has 10 nitrogen and oxygen atoms in total. The maximum atomic E-state index is 13.1. The number of nitrogens with zero attached hydrogens (tertiary/aromatic N) is 2. The van der Waals surface area contributed by atoms with Crippen LogP contribution < -0.4 is 20.9 Å². The number of methoxy groups -OCH3 is 1. The monoisotopic (exact) mass is 536 g/mol. The summed E-state index contributed by atoms with van der Waals surface area (Å²) >= 11 is 0. The maximum absolute atomic E-state index is 13.1. The van der Waals surface area contributed by atoms with Crippen molar-refractivity contribution in [2.75, 3.05) is 20.3 Å². The Morgan fingerprint density at radius 2 is 1.89 bits per heavy atom. The minimum atomic E-state index is -1.65. The molecule has 1 aromatic heterocycles. The number of carbonyl (C=O) groups excluding carboxylic acids is 3. The van der Waals surface area contributed by atoms with Crippen LogP contribution in [0.25, 0.3) is 0 Å². The van der Waals surface area contributed by atoms with Crippen molar-refractivity contribution in [1.82, 2.24) is 20.1 Å². The molecule has 0 unspecified atom stereocenters. The summed E-state index contributed by atoms with van der Waals surface area (Å²) in [7, 11) is 0.253. The molecule has 4 rings (SSSR count). The third kappa shape index (κ3) is 5.82. The molecule has 200 valence electrons. The Morgan fingerprint density at radius 1 is 1.13 bits per heavy atom. The van der Waals surface area contributed by atoms with E-state index in [2.05, 4.69) is 42.1 Å². The van der Waals surface area contributed by atoms with Crippen molar-refractivity contribution in [3.8, 4) is 17.6 Å². The van der Waals surface area contributed by atoms with Gasteiger partial charge in [0, 0.05) is 44.1 Å². The highest BCUT2D eigenvalue weighted by Crippen LogP contribution is 2.28. The number of urea groups is 1. The third-order valence-corrected chi connectivity index (χ3v) is 8.18. The van der Waals surface area contributed by atoms with E-state index in [4.69, 9.17) is 9.47 Å². The summed E-state index contributed by atoms with van der Waals surface area (Å²) in [6, 6.07) is 7.13. The second-order valence-corrected chi connectivity index (χ2v) is 16.4. The van der Waals surface area contributed by atoms with Crippen molar-refractivity contribution in [1.29, 1.82) is 0 Å². The van der Waals surface area contributed by atoms with Crippen molar-refractivity contribution in [2.45, 2.75) is 51.4 Å². The molecule has 0 radical (unpaired) electrons. The number of pyridine rings is 1. The summed E-state index contributed by atoms with van der Waals surface area (Å²) in [5, 5.41) is 4.83. The van der Waals surface area contributed by atoms with E-state index in [-0.39, 0.29) is 31.3 Å². The molecule has 1 fully saturated rings. The minimum absolute atomic E-state index is 0.0893. The van der Waals surface area contributed by atoms with Gasteiger partial charge in [0.05, 0.1) is 13.7 Å². The Kier molecular flexibility index (Phi) is 7.48. The average molecular weight is 537 g/mol. The number of aromatic nitrogens is 1. The summed E-state index contributed by atoms with van der Waals surface area (Å²) in [6.07, 6.45) is 1.57. The van der Waals surface area contributed by atoms with Crippen molar-refractivity contribution >= 4 is 25.9 Å². The van der Waals surface area contributed by atoms with Gasteiger partial charge < -0.3 is 19.7 Å². The molecule has 2 aliphatic rings. The van der Waals surface area contributed by atoms with E-state index < -0.39 is 25.6 Å². The first-order chi connectivity index (χ1) is 17.9. The van der Waals surface area contributed by atoms with Crippen molar-refractivity contribution in [2.24, 2.45) is 0 Å². The zero-order valence-electron chi connectivity index (χ0n) is 22.3. The zero-order valence-corrected chi connectivity index (χ0v) is 23.3. The normalized spacial score (nSPS) is 18.6. The van der Waals surface area contributed by atoms with Crippen LogP contribution in [-0.2, 0) is 22.8 Å². The van der Waals surface area contributed by atoms with Gasteiger partial charge in [-0.2, -0.15) is 0 Å². The highest BCUT2D eigenvalue weighted by Gasteiger charge is 2.48. The second-order valence-electron chi connectivity index (χ2n) is 10.8. The predicted octanol–water partition coefficient (Wildman–Crippen LogP) is 2.06. The lowest BCUT2D eigenvalue weighted by atomic mass is 9.99. The van der Waals surface area contributed by atoms with E-state index in [0.29, 0.717) is 29.0 Å². The van der Waals surface area contributed by atoms with E-state index in [1.165, 1.54) is 16.6 Å². The molecule has 0 saturated carbocycles. The Morgan fingerprint density at radius 3 is 2.55 bits per heavy atom. The Balaban J connectivity index is 1.58. The molecule has 4 amide bonds. The number of benzene rings is 1. The Hall–Kier alpha value is -3.88. The molecule has 1 atom stereocenters. The summed E-state index contributed by atoms with van der Waals surface area (Å²) in [4.78, 5) is 52.2. The molecule has 1 saturated heterocycles. The summed E-state index contributed by atoms with van der Waals surface area (Å²) in [5.41, 5.74) is 0.376. The smallest absolute Gasteiger partial charge is 0.323 e. The molecule has 0 spiro atoms. The summed E-state index contributed by atoms with van der Waals surface area (Å²) in [5.74, 6) is 5.45. The van der Waals surface area contributed by atoms with Gasteiger partial charge in [0.25, 0.3) is 17.4 Å². The molecule has 11 heteroatoms. The van der Waals surface area contributed by atoms with Crippen LogP contribution in [0.3, 0.4) is 0 Å². The lowest BCUT2D eigenvalue weighted by molar-refractivity contribution is -0.122. The van der Waals surface area contributed by atoms with E-state index in [1.807, 2.05) is 0 Å². The third-order valence-electron chi connectivity index (χ3n) is 6.48. The van der Waals surface area contributed by atoms with Crippen molar-refractivity contribution < 1.29 is 23.9 Å². The molecule has 3 heterocycles. The van der Waals surface area contributed by atoms with Gasteiger partial charge in [-0.1, -0.05) is 37.5 Å². The number of nitrogens with one attached hydrogen (secondary N) is 2. The van der Waals surface area contributed by atoms with Crippen molar-refractivity contribution in [3.63, 3.8) is 0 Å². The van der Waals surface area contributed by atoms with Gasteiger partial charge in [-0.15, -0.1) is 0 Å². The average Bonchev–Trinajstić information content (AvgIpc) is 3.31. The summed E-state index contributed by atoms with van der Waals surface area (Å²) in [6.45, 7) is 9.21. The fourth-order valence-electron chi connectivity index (χ4n) is 4.28. The highest BCUT2D eigenvalue weighted by molar-refractivity contribution is 6.76. The van der Waals surface area contributed by atoms with E-state index in [9.17, 15) is 19.2 Å². The van der Waals surface area contributed by atoms with Crippen molar-refractivity contribution in [3.05, 3.63) is 63.1 Å². The Labute approximate surface area is 222 Å². The molecule has 2 aromatic rings. The van der Waals surface area contributed by atoms with Gasteiger partial charge in [-0.25, -0.2) is 4.79 Å². The van der Waals surface area contributed by atoms with Gasteiger partial charge in [0.1, 0.15) is 12.5 Å². The van der Waals surface area contributed by atoms with Crippen LogP contribution >= 0.6 is 0 Å². The molecule has 2 N–H and O–H groups in total. The zero-order chi connectivity index (χ0) is 27.7. The van der Waals surface area contributed by atoms with Gasteiger partial charge in [0.2, 0.25) is 5.54 Å². The van der Waals surface area contributed by atoms with Crippen LogP contribution in [0.4, 0.5) is 4.79 Å². The molecule has 1 aromatic carbocycles. The molecular weight excluding hydrogens is 504 g/mol. The van der Waals surface area contributed by atoms with Gasteiger partial charge in [0.15, 0.2) is 0 Å². The molecule has 0 bridgehead atoms. The largest absolute Gasteiger partial charge is 0.497 e. The standard InChI is InChI=1S/C27H32N4O6Si/c1-18-12-19(14-31(23(18)32)17-37-10-11-38(3,4)5)8-9-27(25(34)28-26(35)29-27)16-30-15-20-6-7-21(36-2)13-22(20)24(30)33/h6-7,12-14H,10-11,15-17H2,1-5H3,(H2,28,29,34,35)/t27-/m1/s1. The lowest BCUT2D eigenvalue weighted by Gasteiger charge is -2.26. The quantitative estimate of drug-likeness (QED) is 0.231. The highest BCUT2D eigenvalue weighted by atomic mass is 28.3. The first kappa shape index (κ1) is 27.2. The number of carbonyl (C=O) groups is 3. The first-order valence-corrected chi connectivity index (χ1v) is 16.0. The number of fused-ring (bicyclic) bond motifs is 1.